The first kappa shape index (κ1) is 16.4. The van der Waals surface area contributed by atoms with Crippen molar-refractivity contribution < 1.29 is 14.3 Å². The Bertz CT molecular complexity index is 691. The highest BCUT2D eigenvalue weighted by Gasteiger charge is 2.13. The van der Waals surface area contributed by atoms with Gasteiger partial charge < -0.3 is 10.1 Å². The highest BCUT2D eigenvalue weighted by molar-refractivity contribution is 7.98. The Hall–Kier alpha value is -1.98. The third kappa shape index (κ3) is 4.51. The lowest BCUT2D eigenvalue weighted by Crippen LogP contribution is -2.21. The molecule has 114 valence electrons. The van der Waals surface area contributed by atoms with E-state index in [0.717, 1.165) is 4.90 Å². The quantitative estimate of drug-likeness (QED) is 0.666. The second kappa shape index (κ2) is 7.87. The molecule has 0 aliphatic heterocycles. The number of amides is 1. The van der Waals surface area contributed by atoms with Crippen molar-refractivity contribution in [1.29, 1.82) is 0 Å². The fraction of sp³-hybridized carbons (Fsp3) is 0.125. The molecule has 0 radical (unpaired) electrons. The van der Waals surface area contributed by atoms with E-state index in [-0.39, 0.29) is 6.61 Å². The topological polar surface area (TPSA) is 55.4 Å². The number of ether oxygens (including phenoxy) is 1. The highest BCUT2D eigenvalue weighted by Crippen LogP contribution is 2.20. The van der Waals surface area contributed by atoms with Crippen molar-refractivity contribution in [2.24, 2.45) is 0 Å². The Morgan fingerprint density at radius 1 is 1.18 bits per heavy atom. The lowest BCUT2D eigenvalue weighted by Gasteiger charge is -2.08. The van der Waals surface area contributed by atoms with Crippen LogP contribution in [-0.2, 0) is 9.53 Å². The Morgan fingerprint density at radius 3 is 2.68 bits per heavy atom. The van der Waals surface area contributed by atoms with Gasteiger partial charge in [0.05, 0.1) is 5.56 Å². The van der Waals surface area contributed by atoms with E-state index in [1.54, 1.807) is 36.4 Å². The molecule has 0 bridgehead atoms. The van der Waals surface area contributed by atoms with Gasteiger partial charge in [-0.25, -0.2) is 4.79 Å². The minimum atomic E-state index is -0.522. The van der Waals surface area contributed by atoms with Gasteiger partial charge >= 0.3 is 5.97 Å². The molecule has 0 aliphatic rings. The van der Waals surface area contributed by atoms with E-state index in [0.29, 0.717) is 16.3 Å². The Kier molecular flexibility index (Phi) is 5.86. The summed E-state index contributed by atoms with van der Waals surface area (Å²) in [6.07, 6.45) is 1.87. The molecule has 1 N–H and O–H groups in total. The van der Waals surface area contributed by atoms with Crippen molar-refractivity contribution in [2.45, 2.75) is 4.90 Å². The van der Waals surface area contributed by atoms with E-state index in [1.165, 1.54) is 11.8 Å². The predicted octanol–water partition coefficient (Wildman–Crippen LogP) is 3.86. The maximum atomic E-state index is 12.0. The van der Waals surface area contributed by atoms with Crippen LogP contribution in [0.5, 0.6) is 0 Å². The van der Waals surface area contributed by atoms with E-state index in [1.807, 2.05) is 18.4 Å². The lowest BCUT2D eigenvalue weighted by atomic mass is 10.2. The van der Waals surface area contributed by atoms with Gasteiger partial charge in [-0.2, -0.15) is 0 Å². The number of carbonyl (C=O) groups is 2. The lowest BCUT2D eigenvalue weighted by molar-refractivity contribution is -0.119. The summed E-state index contributed by atoms with van der Waals surface area (Å²) in [5.74, 6) is -0.941. The van der Waals surface area contributed by atoms with Crippen LogP contribution in [0.1, 0.15) is 10.4 Å². The summed E-state index contributed by atoms with van der Waals surface area (Å²) in [6, 6.07) is 13.8. The van der Waals surface area contributed by atoms with Crippen LogP contribution in [0.2, 0.25) is 5.02 Å². The highest BCUT2D eigenvalue weighted by atomic mass is 35.5. The summed E-state index contributed by atoms with van der Waals surface area (Å²) in [5, 5.41) is 3.13. The number of rotatable bonds is 5. The van der Waals surface area contributed by atoms with Crippen molar-refractivity contribution in [3.8, 4) is 0 Å². The Labute approximate surface area is 137 Å². The number of esters is 1. The van der Waals surface area contributed by atoms with Crippen molar-refractivity contribution >= 4 is 40.9 Å². The van der Waals surface area contributed by atoms with Gasteiger partial charge in [0, 0.05) is 15.6 Å². The minimum absolute atomic E-state index is 0.353. The summed E-state index contributed by atoms with van der Waals surface area (Å²) in [7, 11) is 0. The zero-order valence-electron chi connectivity index (χ0n) is 11.8. The summed E-state index contributed by atoms with van der Waals surface area (Å²) in [6.45, 7) is -0.353. The standard InChI is InChI=1S/C16H14ClNO3S/c1-22-14-8-3-2-7-13(14)16(20)21-10-15(19)18-12-6-4-5-11(17)9-12/h2-9H,10H2,1H3,(H,18,19). The number of benzene rings is 2. The average Bonchev–Trinajstić information content (AvgIpc) is 2.52. The Morgan fingerprint density at radius 2 is 1.95 bits per heavy atom. The van der Waals surface area contributed by atoms with Gasteiger partial charge in [0.1, 0.15) is 0 Å². The third-order valence-electron chi connectivity index (χ3n) is 2.77. The molecule has 4 nitrogen and oxygen atoms in total. The molecule has 1 amide bonds. The zero-order valence-corrected chi connectivity index (χ0v) is 13.4. The van der Waals surface area contributed by atoms with Gasteiger partial charge in [0.25, 0.3) is 5.91 Å². The van der Waals surface area contributed by atoms with Crippen LogP contribution in [0, 0.1) is 0 Å². The number of carbonyl (C=O) groups excluding carboxylic acids is 2. The van der Waals surface area contributed by atoms with Crippen LogP contribution >= 0.6 is 23.4 Å². The van der Waals surface area contributed by atoms with Crippen molar-refractivity contribution in [3.63, 3.8) is 0 Å². The number of nitrogens with one attached hydrogen (secondary N) is 1. The number of hydrogen-bond donors (Lipinski definition) is 1. The summed E-state index contributed by atoms with van der Waals surface area (Å²) < 4.78 is 5.04. The molecule has 2 rings (SSSR count). The molecule has 0 atom stereocenters. The van der Waals surface area contributed by atoms with E-state index in [9.17, 15) is 9.59 Å². The average molecular weight is 336 g/mol. The molecule has 22 heavy (non-hydrogen) atoms. The van der Waals surface area contributed by atoms with E-state index in [2.05, 4.69) is 5.32 Å². The van der Waals surface area contributed by atoms with Crippen LogP contribution in [0.4, 0.5) is 5.69 Å². The maximum absolute atomic E-state index is 12.0. The van der Waals surface area contributed by atoms with Gasteiger partial charge in [0.15, 0.2) is 6.61 Å². The number of anilines is 1. The minimum Gasteiger partial charge on any atom is -0.452 e. The van der Waals surface area contributed by atoms with Crippen LogP contribution in [0.3, 0.4) is 0 Å². The first-order valence-corrected chi connectivity index (χ1v) is 8.06. The SMILES string of the molecule is CSc1ccccc1C(=O)OCC(=O)Nc1cccc(Cl)c1. The van der Waals surface area contributed by atoms with E-state index >= 15 is 0 Å². The molecule has 0 saturated carbocycles. The van der Waals surface area contributed by atoms with Crippen molar-refractivity contribution in [2.75, 3.05) is 18.2 Å². The molecule has 0 fully saturated rings. The first-order chi connectivity index (χ1) is 10.6. The van der Waals surface area contributed by atoms with E-state index < -0.39 is 11.9 Å². The molecular weight excluding hydrogens is 322 g/mol. The fourth-order valence-electron chi connectivity index (χ4n) is 1.79. The summed E-state index contributed by atoms with van der Waals surface area (Å²) >= 11 is 7.28. The van der Waals surface area contributed by atoms with Crippen LogP contribution in [0.15, 0.2) is 53.4 Å². The number of hydrogen-bond acceptors (Lipinski definition) is 4. The summed E-state index contributed by atoms with van der Waals surface area (Å²) in [5.41, 5.74) is 1.00. The van der Waals surface area contributed by atoms with Crippen molar-refractivity contribution in [1.82, 2.24) is 0 Å². The normalized spacial score (nSPS) is 10.1. The largest absolute Gasteiger partial charge is 0.452 e. The Balaban J connectivity index is 1.92. The van der Waals surface area contributed by atoms with Gasteiger partial charge in [-0.3, -0.25) is 4.79 Å². The maximum Gasteiger partial charge on any atom is 0.339 e. The number of halogens is 1. The molecule has 0 heterocycles. The fourth-order valence-corrected chi connectivity index (χ4v) is 2.56. The van der Waals surface area contributed by atoms with Gasteiger partial charge in [-0.1, -0.05) is 29.8 Å². The van der Waals surface area contributed by atoms with Crippen LogP contribution in [0.25, 0.3) is 0 Å². The molecule has 2 aromatic rings. The third-order valence-corrected chi connectivity index (χ3v) is 3.80. The molecule has 0 aliphatic carbocycles. The van der Waals surface area contributed by atoms with Crippen LogP contribution in [-0.4, -0.2) is 24.7 Å². The molecule has 0 aromatic heterocycles. The predicted molar refractivity (Wildman–Crippen MR) is 88.6 cm³/mol. The second-order valence-electron chi connectivity index (χ2n) is 4.33. The van der Waals surface area contributed by atoms with Crippen molar-refractivity contribution in [3.05, 3.63) is 59.1 Å². The zero-order chi connectivity index (χ0) is 15.9. The van der Waals surface area contributed by atoms with Gasteiger partial charge in [-0.05, 0) is 36.6 Å². The molecular formula is C16H14ClNO3S. The van der Waals surface area contributed by atoms with Gasteiger partial charge in [0.2, 0.25) is 0 Å². The van der Waals surface area contributed by atoms with Gasteiger partial charge in [-0.15, -0.1) is 11.8 Å². The van der Waals surface area contributed by atoms with E-state index in [4.69, 9.17) is 16.3 Å². The van der Waals surface area contributed by atoms with Crippen LogP contribution < -0.4 is 5.32 Å². The molecule has 0 saturated heterocycles. The smallest absolute Gasteiger partial charge is 0.339 e. The first-order valence-electron chi connectivity index (χ1n) is 6.45. The second-order valence-corrected chi connectivity index (χ2v) is 5.62. The monoisotopic (exact) mass is 335 g/mol. The molecule has 2 aromatic carbocycles. The molecule has 6 heteroatoms. The number of thioether (sulfide) groups is 1. The summed E-state index contributed by atoms with van der Waals surface area (Å²) in [4.78, 5) is 24.6. The molecule has 0 unspecified atom stereocenters. The molecule has 0 spiro atoms.